The van der Waals surface area contributed by atoms with Crippen LogP contribution in [0.25, 0.3) is 33.0 Å². The molecule has 0 amide bonds. The number of hydrogen-bond acceptors (Lipinski definition) is 2. The Morgan fingerprint density at radius 2 is 0.600 bits per heavy atom. The van der Waals surface area contributed by atoms with Crippen LogP contribution in [0.2, 0.25) is 0 Å². The van der Waals surface area contributed by atoms with Crippen molar-refractivity contribution in [2.24, 2.45) is 0 Å². The largest absolute Gasteiger partial charge is 0.310 e. The second-order valence-electron chi connectivity index (χ2n) is 18.8. The zero-order valence-electron chi connectivity index (χ0n) is 36.8. The summed E-state index contributed by atoms with van der Waals surface area (Å²) in [5, 5.41) is 2.61. The van der Waals surface area contributed by atoms with Crippen molar-refractivity contribution in [3.8, 4) is 22.3 Å². The van der Waals surface area contributed by atoms with Gasteiger partial charge in [0.15, 0.2) is 0 Å². The van der Waals surface area contributed by atoms with Crippen LogP contribution in [0.4, 0.5) is 34.1 Å². The molecule has 0 fully saturated rings. The maximum atomic E-state index is 2.50. The molecule has 0 bridgehead atoms. The first kappa shape index (κ1) is 37.9. The molecule has 0 radical (unpaired) electrons. The highest BCUT2D eigenvalue weighted by Gasteiger charge is 2.40. The van der Waals surface area contributed by atoms with Crippen molar-refractivity contribution in [2.75, 3.05) is 9.80 Å². The van der Waals surface area contributed by atoms with E-state index in [0.29, 0.717) is 0 Å². The monoisotopic (exact) mass is 778 g/mol. The van der Waals surface area contributed by atoms with Crippen molar-refractivity contribution in [2.45, 2.75) is 80.1 Å². The highest BCUT2D eigenvalue weighted by molar-refractivity contribution is 6.00. The average Bonchev–Trinajstić information content (AvgIpc) is 3.54. The maximum absolute atomic E-state index is 2.50. The van der Waals surface area contributed by atoms with Crippen molar-refractivity contribution >= 4 is 44.9 Å². The minimum absolute atomic E-state index is 0.178. The fourth-order valence-corrected chi connectivity index (χ4v) is 10.4. The summed E-state index contributed by atoms with van der Waals surface area (Å²) in [6.07, 6.45) is 0. The van der Waals surface area contributed by atoms with Crippen LogP contribution in [0, 0.1) is 41.5 Å². The van der Waals surface area contributed by atoms with Gasteiger partial charge in [0.05, 0.1) is 0 Å². The van der Waals surface area contributed by atoms with Gasteiger partial charge < -0.3 is 9.80 Å². The number of benzene rings is 8. The summed E-state index contributed by atoms with van der Waals surface area (Å²) in [6.45, 7) is 22.9. The zero-order valence-corrected chi connectivity index (χ0v) is 36.8. The Hall–Kier alpha value is -6.38. The molecule has 60 heavy (non-hydrogen) atoms. The molecule has 0 aliphatic heterocycles. The number of nitrogens with zero attached hydrogens (tertiary/aromatic N) is 2. The molecule has 0 unspecified atom stereocenters. The van der Waals surface area contributed by atoms with Gasteiger partial charge in [0.2, 0.25) is 0 Å². The van der Waals surface area contributed by atoms with Crippen LogP contribution in [0.1, 0.15) is 83.3 Å². The van der Waals surface area contributed by atoms with Crippen LogP contribution in [0.15, 0.2) is 146 Å². The van der Waals surface area contributed by atoms with Crippen molar-refractivity contribution in [1.29, 1.82) is 0 Å². The molecule has 0 saturated carbocycles. The molecule has 10 rings (SSSR count). The van der Waals surface area contributed by atoms with Gasteiger partial charge in [-0.1, -0.05) is 76.2 Å². The van der Waals surface area contributed by atoms with Gasteiger partial charge in [0.25, 0.3) is 0 Å². The first-order valence-electron chi connectivity index (χ1n) is 21.5. The summed E-state index contributed by atoms with van der Waals surface area (Å²) in [5.41, 5.74) is 25.3. The Bertz CT molecular complexity index is 2770. The third-order valence-electron chi connectivity index (χ3n) is 13.6. The molecule has 0 saturated heterocycles. The molecule has 8 aromatic carbocycles. The molecule has 0 N–H and O–H groups in total. The Morgan fingerprint density at radius 1 is 0.317 bits per heavy atom. The van der Waals surface area contributed by atoms with Crippen molar-refractivity contribution in [3.05, 3.63) is 201 Å². The lowest BCUT2D eigenvalue weighted by Crippen LogP contribution is -2.17. The van der Waals surface area contributed by atoms with Crippen LogP contribution < -0.4 is 9.80 Å². The maximum Gasteiger partial charge on any atom is 0.0494 e. The smallest absolute Gasteiger partial charge is 0.0494 e. The van der Waals surface area contributed by atoms with Gasteiger partial charge in [-0.2, -0.15) is 0 Å². The first-order chi connectivity index (χ1) is 28.7. The third-order valence-corrected chi connectivity index (χ3v) is 13.6. The van der Waals surface area contributed by atoms with Crippen LogP contribution >= 0.6 is 0 Å². The Morgan fingerprint density at radius 3 is 0.900 bits per heavy atom. The SMILES string of the molecule is Cc1cccc(N(c2cccc(C)c2)c2cc3c(cc2C)-c2cc4cc5c(cc4cc2C3(C)C)-c2cc(C)c(N(c3cccc(C)c3)c3cccc(C)c3)cc2C5(C)C)c1. The van der Waals surface area contributed by atoms with Crippen molar-refractivity contribution in [3.63, 3.8) is 0 Å². The van der Waals surface area contributed by atoms with Gasteiger partial charge in [-0.25, -0.2) is 0 Å². The molecular formula is C58H54N2. The van der Waals surface area contributed by atoms with E-state index in [2.05, 4.69) is 225 Å². The molecule has 296 valence electrons. The van der Waals surface area contributed by atoms with E-state index >= 15 is 0 Å². The Labute approximate surface area is 356 Å². The highest BCUT2D eigenvalue weighted by atomic mass is 15.1. The fourth-order valence-electron chi connectivity index (χ4n) is 10.4. The standard InChI is InChI=1S/C58H54N2/c1-35-15-11-19-43(23-35)59(44-20-12-16-36(2)24-44)55-33-53-47(27-39(55)5)49-29-41-32-52-50(30-42(41)31-51(49)57(53,7)8)48-28-40(6)56(34-54(48)58(52,9)10)60(45-21-13-17-37(3)25-45)46-22-14-18-38(4)26-46/h11-34H,1-10H3. The average molecular weight is 779 g/mol. The summed E-state index contributed by atoms with van der Waals surface area (Å²) >= 11 is 0. The second kappa shape index (κ2) is 13.6. The van der Waals surface area contributed by atoms with Crippen LogP contribution in [0.3, 0.4) is 0 Å². The summed E-state index contributed by atoms with van der Waals surface area (Å²) in [4.78, 5) is 4.90. The number of hydrogen-bond donors (Lipinski definition) is 0. The summed E-state index contributed by atoms with van der Waals surface area (Å²) < 4.78 is 0. The lowest BCUT2D eigenvalue weighted by atomic mass is 9.80. The van der Waals surface area contributed by atoms with Gasteiger partial charge in [-0.05, 0) is 227 Å². The number of fused-ring (bicyclic) bond motifs is 7. The minimum Gasteiger partial charge on any atom is -0.310 e. The van der Waals surface area contributed by atoms with Crippen LogP contribution in [0.5, 0.6) is 0 Å². The minimum atomic E-state index is -0.178. The molecule has 2 aliphatic rings. The van der Waals surface area contributed by atoms with E-state index in [0.717, 1.165) is 0 Å². The van der Waals surface area contributed by atoms with E-state index in [9.17, 15) is 0 Å². The summed E-state index contributed by atoms with van der Waals surface area (Å²) in [7, 11) is 0. The topological polar surface area (TPSA) is 6.48 Å². The van der Waals surface area contributed by atoms with Crippen LogP contribution in [-0.2, 0) is 10.8 Å². The molecule has 8 aromatic rings. The molecule has 0 aromatic heterocycles. The molecular weight excluding hydrogens is 725 g/mol. The van der Waals surface area contributed by atoms with Gasteiger partial charge in [0, 0.05) is 45.0 Å². The van der Waals surface area contributed by atoms with Gasteiger partial charge in [-0.15, -0.1) is 0 Å². The zero-order chi connectivity index (χ0) is 41.8. The Balaban J connectivity index is 1.10. The predicted molar refractivity (Wildman–Crippen MR) is 257 cm³/mol. The summed E-state index contributed by atoms with van der Waals surface area (Å²) in [5.74, 6) is 0. The second-order valence-corrected chi connectivity index (χ2v) is 18.8. The van der Waals surface area contributed by atoms with E-state index in [-0.39, 0.29) is 10.8 Å². The molecule has 2 nitrogen and oxygen atoms in total. The quantitative estimate of drug-likeness (QED) is 0.166. The summed E-state index contributed by atoms with van der Waals surface area (Å²) in [6, 6.07) is 55.4. The van der Waals surface area contributed by atoms with Gasteiger partial charge >= 0.3 is 0 Å². The normalized spacial score (nSPS) is 14.1. The molecule has 0 spiro atoms. The van der Waals surface area contributed by atoms with Crippen molar-refractivity contribution < 1.29 is 0 Å². The lowest BCUT2D eigenvalue weighted by Gasteiger charge is -2.30. The number of anilines is 6. The highest BCUT2D eigenvalue weighted by Crippen LogP contribution is 2.56. The van der Waals surface area contributed by atoms with E-state index in [1.54, 1.807) is 0 Å². The van der Waals surface area contributed by atoms with Gasteiger partial charge in [-0.3, -0.25) is 0 Å². The van der Waals surface area contributed by atoms with E-state index in [1.165, 1.54) is 123 Å². The molecule has 0 heterocycles. The van der Waals surface area contributed by atoms with Crippen molar-refractivity contribution in [1.82, 2.24) is 0 Å². The Kier molecular flexibility index (Phi) is 8.57. The lowest BCUT2D eigenvalue weighted by molar-refractivity contribution is 0.660. The van der Waals surface area contributed by atoms with E-state index in [1.807, 2.05) is 0 Å². The predicted octanol–water partition coefficient (Wildman–Crippen LogP) is 16.2. The van der Waals surface area contributed by atoms with E-state index < -0.39 is 0 Å². The third kappa shape index (κ3) is 5.91. The molecule has 2 heteroatoms. The van der Waals surface area contributed by atoms with Gasteiger partial charge in [0.1, 0.15) is 0 Å². The van der Waals surface area contributed by atoms with Crippen LogP contribution in [-0.4, -0.2) is 0 Å². The van der Waals surface area contributed by atoms with E-state index in [4.69, 9.17) is 0 Å². The fraction of sp³-hybridized carbons (Fsp3) is 0.207. The number of rotatable bonds is 6. The first-order valence-corrected chi connectivity index (χ1v) is 21.5. The molecule has 2 aliphatic carbocycles. The molecule has 0 atom stereocenters. The number of aryl methyl sites for hydroxylation is 6.